The Morgan fingerprint density at radius 2 is 1.56 bits per heavy atom. The first kappa shape index (κ1) is 27.0. The molecule has 7 nitrogen and oxygen atoms in total. The molecular formula is C25H25F3N2O5S. The summed E-state index contributed by atoms with van der Waals surface area (Å²) >= 11 is 0. The maximum absolute atomic E-state index is 13.1. The number of fused-ring (bicyclic) bond motifs is 1. The lowest BCUT2D eigenvalue weighted by atomic mass is 9.97. The number of hydrogen-bond donors (Lipinski definition) is 1. The summed E-state index contributed by atoms with van der Waals surface area (Å²) in [6.45, 7) is 4.00. The number of benzene rings is 3. The molecule has 0 fully saturated rings. The van der Waals surface area contributed by atoms with Gasteiger partial charge in [-0.15, -0.1) is 13.2 Å². The second-order valence-electron chi connectivity index (χ2n) is 7.94. The molecule has 0 aliphatic carbocycles. The van der Waals surface area contributed by atoms with E-state index in [-0.39, 0.29) is 24.4 Å². The van der Waals surface area contributed by atoms with Crippen molar-refractivity contribution >= 4 is 32.6 Å². The molecule has 0 spiro atoms. The zero-order chi connectivity index (χ0) is 26.5. The Morgan fingerprint density at radius 3 is 2.14 bits per heavy atom. The van der Waals surface area contributed by atoms with Crippen LogP contribution in [-0.4, -0.2) is 44.6 Å². The average molecular weight is 523 g/mol. The highest BCUT2D eigenvalue weighted by molar-refractivity contribution is 7.90. The Kier molecular flexibility index (Phi) is 8.24. The molecule has 1 atom stereocenters. The van der Waals surface area contributed by atoms with Gasteiger partial charge >= 0.3 is 6.36 Å². The predicted molar refractivity (Wildman–Crippen MR) is 128 cm³/mol. The molecular weight excluding hydrogens is 497 g/mol. The van der Waals surface area contributed by atoms with Crippen LogP contribution in [0.3, 0.4) is 0 Å². The van der Waals surface area contributed by atoms with E-state index in [0.717, 1.165) is 17.5 Å². The number of alkyl halides is 3. The molecule has 11 heteroatoms. The topological polar surface area (TPSA) is 92.8 Å². The predicted octanol–water partition coefficient (Wildman–Crippen LogP) is 4.27. The van der Waals surface area contributed by atoms with Crippen molar-refractivity contribution in [3.05, 3.63) is 72.3 Å². The summed E-state index contributed by atoms with van der Waals surface area (Å²) in [5.74, 6) is -3.51. The van der Waals surface area contributed by atoms with Crippen molar-refractivity contribution in [3.63, 3.8) is 0 Å². The van der Waals surface area contributed by atoms with Gasteiger partial charge in [-0.25, -0.2) is 13.1 Å². The molecule has 0 bridgehead atoms. The maximum Gasteiger partial charge on any atom is 0.573 e. The highest BCUT2D eigenvalue weighted by atomic mass is 32.2. The summed E-state index contributed by atoms with van der Waals surface area (Å²) < 4.78 is 69.1. The van der Waals surface area contributed by atoms with Crippen molar-refractivity contribution in [1.29, 1.82) is 0 Å². The van der Waals surface area contributed by atoms with Crippen molar-refractivity contribution in [1.82, 2.24) is 9.62 Å². The van der Waals surface area contributed by atoms with Crippen molar-refractivity contribution in [3.8, 4) is 5.75 Å². The Morgan fingerprint density at radius 1 is 0.944 bits per heavy atom. The van der Waals surface area contributed by atoms with Crippen LogP contribution in [-0.2, 0) is 26.0 Å². The number of amides is 2. The molecule has 2 amide bonds. The van der Waals surface area contributed by atoms with Crippen LogP contribution in [0.4, 0.5) is 13.2 Å². The van der Waals surface area contributed by atoms with E-state index in [1.165, 1.54) is 29.2 Å². The van der Waals surface area contributed by atoms with Crippen molar-refractivity contribution < 1.29 is 35.9 Å². The molecule has 0 aliphatic rings. The first-order valence-corrected chi connectivity index (χ1v) is 12.6. The molecule has 0 aliphatic heterocycles. The van der Waals surface area contributed by atoms with Crippen LogP contribution in [0.2, 0.25) is 0 Å². The number of sulfonamides is 1. The maximum atomic E-state index is 13.1. The van der Waals surface area contributed by atoms with Gasteiger partial charge in [-0.2, -0.15) is 0 Å². The second kappa shape index (κ2) is 11.0. The number of rotatable bonds is 9. The van der Waals surface area contributed by atoms with E-state index in [2.05, 4.69) is 4.74 Å². The Hall–Kier alpha value is -3.60. The van der Waals surface area contributed by atoms with Gasteiger partial charge in [-0.1, -0.05) is 42.5 Å². The summed E-state index contributed by atoms with van der Waals surface area (Å²) in [5.41, 5.74) is 0.355. The van der Waals surface area contributed by atoms with E-state index in [0.29, 0.717) is 10.9 Å². The van der Waals surface area contributed by atoms with Gasteiger partial charge in [-0.3, -0.25) is 9.59 Å². The fourth-order valence-electron chi connectivity index (χ4n) is 3.71. The van der Waals surface area contributed by atoms with E-state index in [1.807, 2.05) is 16.9 Å². The van der Waals surface area contributed by atoms with Gasteiger partial charge < -0.3 is 9.64 Å². The van der Waals surface area contributed by atoms with Crippen molar-refractivity contribution in [2.75, 3.05) is 13.1 Å². The van der Waals surface area contributed by atoms with Gasteiger partial charge in [0.1, 0.15) is 11.7 Å². The third-order valence-electron chi connectivity index (χ3n) is 5.55. The zero-order valence-electron chi connectivity index (χ0n) is 19.6. The lowest BCUT2D eigenvalue weighted by Crippen LogP contribution is -2.46. The average Bonchev–Trinajstić information content (AvgIpc) is 2.82. The van der Waals surface area contributed by atoms with Crippen LogP contribution in [0.25, 0.3) is 10.8 Å². The van der Waals surface area contributed by atoms with Crippen LogP contribution in [0, 0.1) is 5.92 Å². The molecule has 0 heterocycles. The molecule has 192 valence electrons. The molecule has 0 saturated heterocycles. The molecule has 0 aromatic heterocycles. The van der Waals surface area contributed by atoms with Gasteiger partial charge in [0.25, 0.3) is 10.0 Å². The standard InChI is InChI=1S/C25H25F3N2O5S/c1-3-30(4-2)24(32)22(15-17-9-12-20(13-10-17)35-25(26,27)28)23(31)29-36(33,34)21-14-11-18-7-5-6-8-19(18)16-21/h5-14,16,22H,3-4,15H2,1-2H3,(H,29,31). The largest absolute Gasteiger partial charge is 0.573 e. The highest BCUT2D eigenvalue weighted by Crippen LogP contribution is 2.24. The second-order valence-corrected chi connectivity index (χ2v) is 9.62. The Labute approximate surface area is 206 Å². The van der Waals surface area contributed by atoms with Crippen LogP contribution in [0.15, 0.2) is 71.6 Å². The third kappa shape index (κ3) is 6.75. The van der Waals surface area contributed by atoms with Crippen molar-refractivity contribution in [2.24, 2.45) is 5.92 Å². The molecule has 36 heavy (non-hydrogen) atoms. The SMILES string of the molecule is CCN(CC)C(=O)C(Cc1ccc(OC(F)(F)F)cc1)C(=O)NS(=O)(=O)c1ccc2ccccc2c1. The number of hydrogen-bond acceptors (Lipinski definition) is 5. The quantitative estimate of drug-likeness (QED) is 0.424. The zero-order valence-corrected chi connectivity index (χ0v) is 20.4. The van der Waals surface area contributed by atoms with Gasteiger partial charge in [0, 0.05) is 13.1 Å². The highest BCUT2D eigenvalue weighted by Gasteiger charge is 2.34. The molecule has 1 N–H and O–H groups in total. The Balaban J connectivity index is 1.86. The number of carbonyl (C=O) groups excluding carboxylic acids is 2. The summed E-state index contributed by atoms with van der Waals surface area (Å²) in [4.78, 5) is 27.5. The van der Waals surface area contributed by atoms with Gasteiger partial charge in [-0.05, 0) is 60.9 Å². The molecule has 1 unspecified atom stereocenters. The van der Waals surface area contributed by atoms with Crippen LogP contribution < -0.4 is 9.46 Å². The summed E-state index contributed by atoms with van der Waals surface area (Å²) in [7, 11) is -4.30. The third-order valence-corrected chi connectivity index (χ3v) is 6.90. The fraction of sp³-hybridized carbons (Fsp3) is 0.280. The fourth-order valence-corrected chi connectivity index (χ4v) is 4.76. The minimum atomic E-state index is -4.86. The number of ether oxygens (including phenoxy) is 1. The molecule has 0 radical (unpaired) electrons. The Bertz CT molecular complexity index is 1340. The summed E-state index contributed by atoms with van der Waals surface area (Å²) in [6.07, 6.45) is -5.08. The monoisotopic (exact) mass is 522 g/mol. The van der Waals surface area contributed by atoms with E-state index >= 15 is 0 Å². The lowest BCUT2D eigenvalue weighted by molar-refractivity contribution is -0.274. The normalized spacial score (nSPS) is 12.7. The smallest absolute Gasteiger partial charge is 0.406 e. The number of carbonyl (C=O) groups is 2. The lowest BCUT2D eigenvalue weighted by Gasteiger charge is -2.24. The molecule has 3 rings (SSSR count). The first-order chi connectivity index (χ1) is 16.9. The van der Waals surface area contributed by atoms with E-state index in [9.17, 15) is 31.2 Å². The number of halogens is 3. The molecule has 3 aromatic rings. The van der Waals surface area contributed by atoms with E-state index in [1.54, 1.807) is 32.0 Å². The van der Waals surface area contributed by atoms with E-state index < -0.39 is 39.9 Å². The number of nitrogens with one attached hydrogen (secondary N) is 1. The van der Waals surface area contributed by atoms with Gasteiger partial charge in [0.05, 0.1) is 4.90 Å². The van der Waals surface area contributed by atoms with Gasteiger partial charge in [0.2, 0.25) is 11.8 Å². The van der Waals surface area contributed by atoms with Crippen LogP contribution in [0.5, 0.6) is 5.75 Å². The summed E-state index contributed by atoms with van der Waals surface area (Å²) in [5, 5.41) is 1.47. The van der Waals surface area contributed by atoms with Crippen molar-refractivity contribution in [2.45, 2.75) is 31.5 Å². The first-order valence-electron chi connectivity index (χ1n) is 11.1. The van der Waals surface area contributed by atoms with E-state index in [4.69, 9.17) is 0 Å². The summed E-state index contributed by atoms with van der Waals surface area (Å²) in [6, 6.07) is 16.2. The minimum absolute atomic E-state index is 0.141. The van der Waals surface area contributed by atoms with Gasteiger partial charge in [0.15, 0.2) is 0 Å². The minimum Gasteiger partial charge on any atom is -0.406 e. The molecule has 3 aromatic carbocycles. The van der Waals surface area contributed by atoms with Crippen LogP contribution in [0.1, 0.15) is 19.4 Å². The number of nitrogens with zero attached hydrogens (tertiary/aromatic N) is 1. The molecule has 0 saturated carbocycles. The van der Waals surface area contributed by atoms with Crippen LogP contribution >= 0.6 is 0 Å².